The van der Waals surface area contributed by atoms with E-state index in [2.05, 4.69) is 0 Å². The smallest absolute Gasteiger partial charge is 0.312 e. The molecule has 10 heavy (non-hydrogen) atoms. The normalized spacial score (nSPS) is 21.4. The summed E-state index contributed by atoms with van der Waals surface area (Å²) in [7, 11) is -3.96. The zero-order valence-electron chi connectivity index (χ0n) is 5.47. The van der Waals surface area contributed by atoms with Crippen molar-refractivity contribution in [2.45, 2.75) is 6.42 Å². The Morgan fingerprint density at radius 2 is 2.10 bits per heavy atom. The molecule has 1 heterocycles. The second kappa shape index (κ2) is 2.84. The molecule has 1 aliphatic heterocycles. The first-order valence-electron chi connectivity index (χ1n) is 3.06. The van der Waals surface area contributed by atoms with Gasteiger partial charge in [-0.2, -0.15) is 0 Å². The summed E-state index contributed by atoms with van der Waals surface area (Å²) in [6, 6.07) is 0. The Hall–Kier alpha value is -0.150. The lowest BCUT2D eigenvalue weighted by Gasteiger charge is -2.22. The zero-order chi connectivity index (χ0) is 7.61. The maximum Gasteiger partial charge on any atom is 0.403 e. The quantitative estimate of drug-likeness (QED) is 0.432. The predicted molar refractivity (Wildman–Crippen MR) is 37.4 cm³/mol. The highest BCUT2D eigenvalue weighted by atomic mass is 31.2. The zero-order valence-corrected chi connectivity index (χ0v) is 6.37. The van der Waals surface area contributed by atoms with Crippen molar-refractivity contribution in [1.82, 2.24) is 4.67 Å². The Bertz CT molecular complexity index is 185. The number of hydrogen-bond acceptors (Lipinski definition) is 1. The van der Waals surface area contributed by atoms with Crippen LogP contribution in [0.2, 0.25) is 0 Å². The van der Waals surface area contributed by atoms with Crippen molar-refractivity contribution >= 4 is 7.75 Å². The van der Waals surface area contributed by atoms with Crippen molar-refractivity contribution in [3.05, 3.63) is 12.2 Å². The summed E-state index contributed by atoms with van der Waals surface area (Å²) in [5, 5.41) is 0. The molecular weight excluding hydrogens is 153 g/mol. The fourth-order valence-electron chi connectivity index (χ4n) is 0.866. The summed E-state index contributed by atoms with van der Waals surface area (Å²) >= 11 is 0. The lowest BCUT2D eigenvalue weighted by molar-refractivity contribution is 0.279. The molecule has 0 fully saturated rings. The number of hydrogen-bond donors (Lipinski definition) is 2. The van der Waals surface area contributed by atoms with Crippen LogP contribution in [0.3, 0.4) is 0 Å². The highest BCUT2D eigenvalue weighted by molar-refractivity contribution is 7.49. The van der Waals surface area contributed by atoms with Crippen molar-refractivity contribution in [2.75, 3.05) is 13.1 Å². The van der Waals surface area contributed by atoms with Crippen molar-refractivity contribution < 1.29 is 14.4 Å². The lowest BCUT2D eigenvalue weighted by atomic mass is 10.3. The van der Waals surface area contributed by atoms with Crippen molar-refractivity contribution in [3.63, 3.8) is 0 Å². The minimum atomic E-state index is -3.96. The molecule has 0 aromatic heterocycles. The largest absolute Gasteiger partial charge is 0.403 e. The van der Waals surface area contributed by atoms with Gasteiger partial charge in [0.2, 0.25) is 0 Å². The van der Waals surface area contributed by atoms with Gasteiger partial charge in [0.15, 0.2) is 0 Å². The van der Waals surface area contributed by atoms with Gasteiger partial charge < -0.3 is 9.79 Å². The van der Waals surface area contributed by atoms with Gasteiger partial charge in [0.1, 0.15) is 0 Å². The standard InChI is InChI=1S/C5H10NO3P/c7-10(8,9)6-4-2-1-3-5-6/h1-2H,3-5H2,(H2,7,8,9). The van der Waals surface area contributed by atoms with Gasteiger partial charge in [0.25, 0.3) is 0 Å². The Morgan fingerprint density at radius 1 is 1.40 bits per heavy atom. The van der Waals surface area contributed by atoms with E-state index in [0.29, 0.717) is 13.1 Å². The first kappa shape index (κ1) is 7.95. The van der Waals surface area contributed by atoms with Crippen molar-refractivity contribution in [3.8, 4) is 0 Å². The molecule has 2 N–H and O–H groups in total. The lowest BCUT2D eigenvalue weighted by Crippen LogP contribution is -2.23. The van der Waals surface area contributed by atoms with Gasteiger partial charge in [-0.1, -0.05) is 12.2 Å². The Balaban J connectivity index is 2.58. The van der Waals surface area contributed by atoms with E-state index in [4.69, 9.17) is 9.79 Å². The van der Waals surface area contributed by atoms with Gasteiger partial charge in [-0.15, -0.1) is 0 Å². The molecule has 1 aliphatic rings. The molecule has 0 amide bonds. The molecule has 0 spiro atoms. The van der Waals surface area contributed by atoms with Crippen LogP contribution in [-0.2, 0) is 4.57 Å². The van der Waals surface area contributed by atoms with Crippen LogP contribution >= 0.6 is 7.75 Å². The number of nitrogens with zero attached hydrogens (tertiary/aromatic N) is 1. The van der Waals surface area contributed by atoms with Crippen LogP contribution in [0.25, 0.3) is 0 Å². The maximum atomic E-state index is 10.6. The summed E-state index contributed by atoms with van der Waals surface area (Å²) in [5.41, 5.74) is 0. The summed E-state index contributed by atoms with van der Waals surface area (Å²) < 4.78 is 11.7. The van der Waals surface area contributed by atoms with Crippen LogP contribution in [0, 0.1) is 0 Å². The van der Waals surface area contributed by atoms with Crippen LogP contribution in [0.5, 0.6) is 0 Å². The van der Waals surface area contributed by atoms with E-state index in [9.17, 15) is 4.57 Å². The molecule has 0 bridgehead atoms. The predicted octanol–water partition coefficient (Wildman–Crippen LogP) is 0.341. The van der Waals surface area contributed by atoms with Crippen LogP contribution < -0.4 is 0 Å². The fourth-order valence-corrected chi connectivity index (χ4v) is 1.55. The van der Waals surface area contributed by atoms with E-state index in [1.54, 1.807) is 6.08 Å². The average Bonchev–Trinajstić information content (AvgIpc) is 1.88. The molecule has 0 radical (unpaired) electrons. The van der Waals surface area contributed by atoms with E-state index in [1.807, 2.05) is 6.08 Å². The van der Waals surface area contributed by atoms with Gasteiger partial charge >= 0.3 is 7.75 Å². The first-order chi connectivity index (χ1) is 4.61. The SMILES string of the molecule is O=P(O)(O)N1CC=CCC1. The molecule has 1 rings (SSSR count). The monoisotopic (exact) mass is 163 g/mol. The fraction of sp³-hybridized carbons (Fsp3) is 0.600. The Kier molecular flexibility index (Phi) is 2.26. The second-order valence-electron chi connectivity index (χ2n) is 2.19. The highest BCUT2D eigenvalue weighted by Crippen LogP contribution is 2.40. The summed E-state index contributed by atoms with van der Waals surface area (Å²) in [4.78, 5) is 17.3. The van der Waals surface area contributed by atoms with Gasteiger partial charge in [-0.05, 0) is 6.42 Å². The molecule has 0 aromatic rings. The molecule has 5 heteroatoms. The molecule has 4 nitrogen and oxygen atoms in total. The van der Waals surface area contributed by atoms with E-state index in [0.717, 1.165) is 11.1 Å². The van der Waals surface area contributed by atoms with Crippen LogP contribution in [0.1, 0.15) is 6.42 Å². The van der Waals surface area contributed by atoms with E-state index in [1.165, 1.54) is 0 Å². The third-order valence-corrected chi connectivity index (χ3v) is 2.51. The second-order valence-corrected chi connectivity index (χ2v) is 3.78. The summed E-state index contributed by atoms with van der Waals surface area (Å²) in [5.74, 6) is 0. The Morgan fingerprint density at radius 3 is 2.40 bits per heavy atom. The van der Waals surface area contributed by atoms with E-state index < -0.39 is 7.75 Å². The van der Waals surface area contributed by atoms with Gasteiger partial charge in [-0.3, -0.25) is 0 Å². The summed E-state index contributed by atoms with van der Waals surface area (Å²) in [6.45, 7) is 0.824. The third-order valence-electron chi connectivity index (χ3n) is 1.41. The molecule has 0 atom stereocenters. The van der Waals surface area contributed by atoms with Crippen LogP contribution in [0.15, 0.2) is 12.2 Å². The molecular formula is C5H10NO3P. The molecule has 0 saturated carbocycles. The minimum Gasteiger partial charge on any atom is -0.312 e. The highest BCUT2D eigenvalue weighted by Gasteiger charge is 2.24. The van der Waals surface area contributed by atoms with Crippen molar-refractivity contribution in [1.29, 1.82) is 0 Å². The average molecular weight is 163 g/mol. The van der Waals surface area contributed by atoms with Gasteiger partial charge in [0, 0.05) is 13.1 Å². The third kappa shape index (κ3) is 1.92. The van der Waals surface area contributed by atoms with E-state index in [-0.39, 0.29) is 0 Å². The van der Waals surface area contributed by atoms with Crippen molar-refractivity contribution in [2.24, 2.45) is 0 Å². The number of rotatable bonds is 1. The Labute approximate surface area is 59.4 Å². The van der Waals surface area contributed by atoms with Gasteiger partial charge in [0.05, 0.1) is 0 Å². The van der Waals surface area contributed by atoms with Gasteiger partial charge in [-0.25, -0.2) is 9.24 Å². The van der Waals surface area contributed by atoms with Crippen LogP contribution in [-0.4, -0.2) is 27.5 Å². The van der Waals surface area contributed by atoms with Crippen LogP contribution in [0.4, 0.5) is 0 Å². The minimum absolute atomic E-state index is 0.365. The first-order valence-corrected chi connectivity index (χ1v) is 4.63. The van der Waals surface area contributed by atoms with E-state index >= 15 is 0 Å². The topological polar surface area (TPSA) is 60.8 Å². The molecule has 0 unspecified atom stereocenters. The molecule has 0 saturated heterocycles. The summed E-state index contributed by atoms with van der Waals surface area (Å²) in [6.07, 6.45) is 4.42. The molecule has 0 aromatic carbocycles. The maximum absolute atomic E-state index is 10.6. The molecule has 0 aliphatic carbocycles. The molecule has 58 valence electrons.